The van der Waals surface area contributed by atoms with E-state index < -0.39 is 18.2 Å². The van der Waals surface area contributed by atoms with Gasteiger partial charge in [0.25, 0.3) is 0 Å². The van der Waals surface area contributed by atoms with Gasteiger partial charge < -0.3 is 25.7 Å². The van der Waals surface area contributed by atoms with Gasteiger partial charge in [-0.25, -0.2) is 0 Å². The highest BCUT2D eigenvalue weighted by Gasteiger charge is 2.39. The van der Waals surface area contributed by atoms with Crippen molar-refractivity contribution in [2.75, 3.05) is 13.2 Å². The molecule has 24 heavy (non-hydrogen) atoms. The lowest BCUT2D eigenvalue weighted by atomic mass is 10.0. The van der Waals surface area contributed by atoms with Crippen molar-refractivity contribution in [3.8, 4) is 0 Å². The van der Waals surface area contributed by atoms with Gasteiger partial charge >= 0.3 is 0 Å². The zero-order chi connectivity index (χ0) is 17.8. The molecule has 140 valence electrons. The molecule has 0 saturated carbocycles. The van der Waals surface area contributed by atoms with Gasteiger partial charge in [-0.05, 0) is 38.5 Å². The van der Waals surface area contributed by atoms with E-state index >= 15 is 0 Å². The minimum absolute atomic E-state index is 0.0869. The predicted molar refractivity (Wildman–Crippen MR) is 92.6 cm³/mol. The molecule has 1 heterocycles. The number of hydrogen-bond acceptors (Lipinski definition) is 6. The maximum atomic E-state index is 11.4. The highest BCUT2D eigenvalue weighted by molar-refractivity contribution is 5.78. The Morgan fingerprint density at radius 1 is 0.875 bits per heavy atom. The molecule has 0 aliphatic carbocycles. The molecule has 5 N–H and O–H groups in total. The van der Waals surface area contributed by atoms with Crippen molar-refractivity contribution in [3.05, 3.63) is 12.2 Å². The monoisotopic (exact) mass is 343 g/mol. The highest BCUT2D eigenvalue weighted by atomic mass is 16.3. The van der Waals surface area contributed by atoms with Gasteiger partial charge in [0, 0.05) is 25.5 Å². The molecule has 1 rings (SSSR count). The van der Waals surface area contributed by atoms with E-state index in [0.29, 0.717) is 19.3 Å². The molecular formula is C18H33NO5. The molecule has 4 atom stereocenters. The Balaban J connectivity index is 2.00. The number of carbonyl (C=O) groups is 1. The summed E-state index contributed by atoms with van der Waals surface area (Å²) in [4.78, 5) is 11.4. The van der Waals surface area contributed by atoms with E-state index in [0.717, 1.165) is 38.5 Å². The van der Waals surface area contributed by atoms with Crippen LogP contribution in [0.3, 0.4) is 0 Å². The Morgan fingerprint density at radius 2 is 1.54 bits per heavy atom. The first kappa shape index (κ1) is 21.3. The maximum Gasteiger partial charge on any atom is 0.132 e. The number of nitrogens with one attached hydrogen (secondary N) is 1. The molecule has 1 aliphatic rings. The summed E-state index contributed by atoms with van der Waals surface area (Å²) in [5, 5.41) is 40.4. The second-order valence-electron chi connectivity index (χ2n) is 6.56. The van der Waals surface area contributed by atoms with Gasteiger partial charge in [0.1, 0.15) is 5.78 Å². The van der Waals surface area contributed by atoms with Gasteiger partial charge in [-0.15, -0.1) is 0 Å². The van der Waals surface area contributed by atoms with Crippen molar-refractivity contribution in [1.29, 1.82) is 0 Å². The van der Waals surface area contributed by atoms with Crippen LogP contribution in [-0.4, -0.2) is 63.7 Å². The molecule has 1 fully saturated rings. The third kappa shape index (κ3) is 7.85. The molecule has 0 aromatic carbocycles. The molecule has 6 nitrogen and oxygen atoms in total. The van der Waals surface area contributed by atoms with Crippen LogP contribution in [0.15, 0.2) is 12.2 Å². The van der Waals surface area contributed by atoms with E-state index in [-0.39, 0.29) is 25.0 Å². The second kappa shape index (κ2) is 12.6. The zero-order valence-electron chi connectivity index (χ0n) is 14.4. The van der Waals surface area contributed by atoms with Gasteiger partial charge in [-0.3, -0.25) is 4.79 Å². The van der Waals surface area contributed by atoms with E-state index in [1.165, 1.54) is 0 Å². The minimum Gasteiger partial charge on any atom is -0.396 e. The maximum absolute atomic E-state index is 11.4. The number of aliphatic hydroxyl groups excluding tert-OH is 4. The summed E-state index contributed by atoms with van der Waals surface area (Å²) >= 11 is 0. The lowest BCUT2D eigenvalue weighted by molar-refractivity contribution is -0.119. The highest BCUT2D eigenvalue weighted by Crippen LogP contribution is 2.18. The molecule has 1 aliphatic heterocycles. The quantitative estimate of drug-likeness (QED) is 0.248. The normalized spacial score (nSPS) is 27.2. The first-order valence-corrected chi connectivity index (χ1v) is 9.10. The summed E-state index contributed by atoms with van der Waals surface area (Å²) in [6, 6.07) is -0.610. The summed E-state index contributed by atoms with van der Waals surface area (Å²) in [5.74, 6) is 0.241. The smallest absolute Gasteiger partial charge is 0.132 e. The van der Waals surface area contributed by atoms with E-state index in [1.54, 1.807) is 0 Å². The summed E-state index contributed by atoms with van der Waals surface area (Å²) in [5.41, 5.74) is 0. The van der Waals surface area contributed by atoms with Gasteiger partial charge in [-0.1, -0.05) is 18.6 Å². The predicted octanol–water partition coefficient (Wildman–Crippen LogP) is 0.669. The van der Waals surface area contributed by atoms with Crippen molar-refractivity contribution in [2.24, 2.45) is 0 Å². The topological polar surface area (TPSA) is 110 Å². The second-order valence-corrected chi connectivity index (χ2v) is 6.56. The van der Waals surface area contributed by atoms with E-state index in [9.17, 15) is 15.0 Å². The lowest BCUT2D eigenvalue weighted by Crippen LogP contribution is -2.36. The first-order chi connectivity index (χ1) is 11.6. The molecular weight excluding hydrogens is 310 g/mol. The van der Waals surface area contributed by atoms with Crippen LogP contribution in [0.4, 0.5) is 0 Å². The number of allylic oxidation sites excluding steroid dienone is 2. The van der Waals surface area contributed by atoms with Crippen LogP contribution in [-0.2, 0) is 4.79 Å². The van der Waals surface area contributed by atoms with E-state index in [1.807, 2.05) is 0 Å². The van der Waals surface area contributed by atoms with Crippen molar-refractivity contribution < 1.29 is 25.2 Å². The van der Waals surface area contributed by atoms with Crippen LogP contribution >= 0.6 is 0 Å². The van der Waals surface area contributed by atoms with Crippen molar-refractivity contribution in [1.82, 2.24) is 5.32 Å². The molecule has 0 aromatic rings. The van der Waals surface area contributed by atoms with Gasteiger partial charge in [0.05, 0.1) is 24.9 Å². The van der Waals surface area contributed by atoms with Crippen LogP contribution in [0.1, 0.15) is 57.8 Å². The van der Waals surface area contributed by atoms with Crippen LogP contribution < -0.4 is 5.32 Å². The van der Waals surface area contributed by atoms with Crippen LogP contribution in [0, 0.1) is 0 Å². The molecule has 0 radical (unpaired) electrons. The third-order valence-electron chi connectivity index (χ3n) is 4.55. The van der Waals surface area contributed by atoms with Gasteiger partial charge in [0.15, 0.2) is 0 Å². The van der Waals surface area contributed by atoms with Crippen molar-refractivity contribution >= 4 is 5.78 Å². The average molecular weight is 343 g/mol. The van der Waals surface area contributed by atoms with E-state index in [2.05, 4.69) is 17.5 Å². The Hall–Kier alpha value is -0.790. The third-order valence-corrected chi connectivity index (χ3v) is 4.55. The Bertz CT molecular complexity index is 374. The fourth-order valence-electron chi connectivity index (χ4n) is 3.04. The fraction of sp³-hybridized carbons (Fsp3) is 0.833. The molecule has 1 saturated heterocycles. The molecule has 0 amide bonds. The molecule has 6 heteroatoms. The summed E-state index contributed by atoms with van der Waals surface area (Å²) < 4.78 is 0. The summed E-state index contributed by atoms with van der Waals surface area (Å²) in [6.45, 7) is -0.0867. The largest absolute Gasteiger partial charge is 0.396 e. The number of rotatable bonds is 13. The number of hydrogen-bond donors (Lipinski definition) is 5. The number of ketones is 1. The van der Waals surface area contributed by atoms with Crippen LogP contribution in [0.5, 0.6) is 0 Å². The van der Waals surface area contributed by atoms with E-state index in [4.69, 9.17) is 10.2 Å². The minimum atomic E-state index is -0.899. The number of Topliss-reactive ketones (excluding diaryl/α,β-unsaturated/α-hetero) is 1. The van der Waals surface area contributed by atoms with Gasteiger partial charge in [0.2, 0.25) is 0 Å². The van der Waals surface area contributed by atoms with Crippen molar-refractivity contribution in [3.63, 3.8) is 0 Å². The number of aliphatic hydroxyl groups is 4. The Morgan fingerprint density at radius 3 is 2.21 bits per heavy atom. The standard InChI is InChI=1S/C18H33NO5/c20-12-8-10-14(22)9-6-4-2-1-3-5-7-11-15-17(23)18(24)16(13-21)19-15/h3,5,15-21,23-24H,1-2,4,6-13H2. The fourth-order valence-corrected chi connectivity index (χ4v) is 3.04. The molecule has 4 unspecified atom stereocenters. The van der Waals surface area contributed by atoms with Gasteiger partial charge in [-0.2, -0.15) is 0 Å². The number of carbonyl (C=O) groups excluding carboxylic acids is 1. The Kier molecular flexibility index (Phi) is 11.1. The van der Waals surface area contributed by atoms with Crippen molar-refractivity contribution in [2.45, 2.75) is 82.1 Å². The molecule has 0 spiro atoms. The van der Waals surface area contributed by atoms with Crippen LogP contribution in [0.25, 0.3) is 0 Å². The summed E-state index contributed by atoms with van der Waals surface area (Å²) in [6.07, 6.45) is 9.68. The number of unbranched alkanes of at least 4 members (excludes halogenated alkanes) is 3. The molecule has 0 aromatic heterocycles. The lowest BCUT2D eigenvalue weighted by Gasteiger charge is -2.14. The SMILES string of the molecule is O=C(CCCO)CCCCCC=CCCC1NC(CO)C(O)C1O. The summed E-state index contributed by atoms with van der Waals surface area (Å²) in [7, 11) is 0. The average Bonchev–Trinajstić information content (AvgIpc) is 2.86. The molecule has 0 bridgehead atoms. The zero-order valence-corrected chi connectivity index (χ0v) is 14.4. The van der Waals surface area contributed by atoms with Crippen LogP contribution in [0.2, 0.25) is 0 Å². The Labute approximate surface area is 144 Å². The first-order valence-electron chi connectivity index (χ1n) is 9.10.